The quantitative estimate of drug-likeness (QED) is 0.927. The number of hydrogen-bond acceptors (Lipinski definition) is 3. The summed E-state index contributed by atoms with van der Waals surface area (Å²) in [6.07, 6.45) is 3.27. The van der Waals surface area contributed by atoms with Gasteiger partial charge in [0.05, 0.1) is 17.8 Å². The second-order valence-corrected chi connectivity index (χ2v) is 5.45. The molecule has 0 radical (unpaired) electrons. The number of benzene rings is 1. The van der Waals surface area contributed by atoms with Gasteiger partial charge < -0.3 is 9.84 Å². The van der Waals surface area contributed by atoms with Crippen LogP contribution in [-0.4, -0.2) is 21.5 Å². The van der Waals surface area contributed by atoms with E-state index in [1.807, 2.05) is 22.9 Å². The maximum absolute atomic E-state index is 9.41. The van der Waals surface area contributed by atoms with E-state index in [2.05, 4.69) is 21.0 Å². The van der Waals surface area contributed by atoms with Crippen LogP contribution < -0.4 is 0 Å². The van der Waals surface area contributed by atoms with Gasteiger partial charge in [-0.1, -0.05) is 15.9 Å². The van der Waals surface area contributed by atoms with Gasteiger partial charge in [0.15, 0.2) is 6.23 Å². The molecule has 0 spiro atoms. The van der Waals surface area contributed by atoms with Crippen molar-refractivity contribution in [3.63, 3.8) is 0 Å². The number of aliphatic hydroxyl groups excluding tert-OH is 1. The molecule has 96 valence electrons. The van der Waals surface area contributed by atoms with Crippen molar-refractivity contribution in [1.82, 2.24) is 9.78 Å². The Morgan fingerprint density at radius 2 is 2.33 bits per heavy atom. The molecule has 2 aromatic rings. The predicted octanol–water partition coefficient (Wildman–Crippen LogP) is 2.99. The van der Waals surface area contributed by atoms with Crippen LogP contribution in [0.1, 0.15) is 31.2 Å². The third-order valence-corrected chi connectivity index (χ3v) is 3.82. The first-order valence-corrected chi connectivity index (χ1v) is 6.98. The summed E-state index contributed by atoms with van der Waals surface area (Å²) in [6.45, 7) is 0.740. The number of halogens is 1. The molecule has 1 aliphatic rings. The van der Waals surface area contributed by atoms with Crippen LogP contribution in [0.2, 0.25) is 0 Å². The van der Waals surface area contributed by atoms with Crippen LogP contribution in [0, 0.1) is 0 Å². The Balaban J connectivity index is 2.11. The molecule has 0 aliphatic carbocycles. The Hall–Kier alpha value is -0.910. The van der Waals surface area contributed by atoms with Gasteiger partial charge in [0.25, 0.3) is 0 Å². The van der Waals surface area contributed by atoms with Gasteiger partial charge in [0.2, 0.25) is 0 Å². The average Bonchev–Trinajstić information content (AvgIpc) is 2.77. The lowest BCUT2D eigenvalue weighted by atomic mass is 10.2. The third kappa shape index (κ3) is 2.06. The summed E-state index contributed by atoms with van der Waals surface area (Å²) in [5.41, 5.74) is 1.73. The van der Waals surface area contributed by atoms with Crippen molar-refractivity contribution in [3.05, 3.63) is 28.4 Å². The van der Waals surface area contributed by atoms with Crippen molar-refractivity contribution in [2.24, 2.45) is 0 Å². The van der Waals surface area contributed by atoms with Crippen LogP contribution in [0.15, 0.2) is 22.7 Å². The van der Waals surface area contributed by atoms with Gasteiger partial charge in [-0.05, 0) is 37.5 Å². The van der Waals surface area contributed by atoms with Gasteiger partial charge >= 0.3 is 0 Å². The second-order valence-electron chi connectivity index (χ2n) is 4.53. The molecule has 5 heteroatoms. The van der Waals surface area contributed by atoms with E-state index in [9.17, 15) is 5.11 Å². The zero-order valence-corrected chi connectivity index (χ0v) is 11.6. The molecule has 2 heterocycles. The van der Waals surface area contributed by atoms with E-state index in [1.54, 1.807) is 0 Å². The number of hydrogen-bond donors (Lipinski definition) is 1. The lowest BCUT2D eigenvalue weighted by molar-refractivity contribution is -0.0370. The smallest absolute Gasteiger partial charge is 0.150 e. The van der Waals surface area contributed by atoms with E-state index in [0.717, 1.165) is 41.2 Å². The number of rotatable bonds is 2. The molecule has 1 aromatic carbocycles. The standard InChI is InChI=1S/C13H15BrN2O2/c14-9-4-5-12-10(7-9)11(8-17)15-16(12)13-3-1-2-6-18-13/h4-5,7,13,17H,1-3,6,8H2. The summed E-state index contributed by atoms with van der Waals surface area (Å²) in [5.74, 6) is 0. The molecule has 1 aromatic heterocycles. The van der Waals surface area contributed by atoms with Crippen molar-refractivity contribution < 1.29 is 9.84 Å². The van der Waals surface area contributed by atoms with Crippen molar-refractivity contribution in [1.29, 1.82) is 0 Å². The monoisotopic (exact) mass is 310 g/mol. The zero-order valence-electron chi connectivity index (χ0n) is 9.97. The maximum Gasteiger partial charge on any atom is 0.150 e. The summed E-state index contributed by atoms with van der Waals surface area (Å²) in [6, 6.07) is 6.00. The fourth-order valence-electron chi connectivity index (χ4n) is 2.43. The molecular weight excluding hydrogens is 296 g/mol. The van der Waals surface area contributed by atoms with Crippen LogP contribution in [0.4, 0.5) is 0 Å². The van der Waals surface area contributed by atoms with Crippen molar-refractivity contribution in [2.75, 3.05) is 6.61 Å². The van der Waals surface area contributed by atoms with E-state index in [-0.39, 0.29) is 12.8 Å². The molecule has 1 saturated heterocycles. The highest BCUT2D eigenvalue weighted by molar-refractivity contribution is 9.10. The molecule has 0 saturated carbocycles. The zero-order chi connectivity index (χ0) is 12.5. The first-order chi connectivity index (χ1) is 8.79. The van der Waals surface area contributed by atoms with Gasteiger partial charge in [-0.2, -0.15) is 5.10 Å². The van der Waals surface area contributed by atoms with E-state index in [0.29, 0.717) is 5.69 Å². The van der Waals surface area contributed by atoms with Crippen LogP contribution in [0.3, 0.4) is 0 Å². The minimum absolute atomic E-state index is 0.00252. The lowest BCUT2D eigenvalue weighted by Crippen LogP contribution is -2.19. The molecule has 0 amide bonds. The lowest BCUT2D eigenvalue weighted by Gasteiger charge is -2.23. The molecule has 1 N–H and O–H groups in total. The molecule has 3 rings (SSSR count). The normalized spacial score (nSPS) is 20.4. The summed E-state index contributed by atoms with van der Waals surface area (Å²) in [5, 5.41) is 14.9. The number of fused-ring (bicyclic) bond motifs is 1. The largest absolute Gasteiger partial charge is 0.390 e. The number of aliphatic hydroxyl groups is 1. The van der Waals surface area contributed by atoms with E-state index in [1.165, 1.54) is 0 Å². The van der Waals surface area contributed by atoms with Gasteiger partial charge in [0.1, 0.15) is 0 Å². The van der Waals surface area contributed by atoms with E-state index >= 15 is 0 Å². The minimum Gasteiger partial charge on any atom is -0.390 e. The summed E-state index contributed by atoms with van der Waals surface area (Å²) in [4.78, 5) is 0. The highest BCUT2D eigenvalue weighted by Crippen LogP contribution is 2.29. The molecule has 18 heavy (non-hydrogen) atoms. The summed E-state index contributed by atoms with van der Waals surface area (Å²) in [7, 11) is 0. The molecule has 4 nitrogen and oxygen atoms in total. The second kappa shape index (κ2) is 4.99. The Kier molecular flexibility index (Phi) is 3.37. The SMILES string of the molecule is OCc1nn(C2CCCCO2)c2ccc(Br)cc12. The number of ether oxygens (including phenoxy) is 1. The molecule has 1 aliphatic heterocycles. The van der Waals surface area contributed by atoms with E-state index in [4.69, 9.17) is 4.74 Å². The topological polar surface area (TPSA) is 47.3 Å². The van der Waals surface area contributed by atoms with Gasteiger partial charge in [0, 0.05) is 16.5 Å². The van der Waals surface area contributed by atoms with Crippen LogP contribution in [0.25, 0.3) is 10.9 Å². The molecular formula is C13H15BrN2O2. The van der Waals surface area contributed by atoms with Gasteiger partial charge in [-0.15, -0.1) is 0 Å². The van der Waals surface area contributed by atoms with Crippen molar-refractivity contribution in [2.45, 2.75) is 32.1 Å². The Bertz CT molecular complexity index is 561. The fourth-order valence-corrected chi connectivity index (χ4v) is 2.79. The van der Waals surface area contributed by atoms with Gasteiger partial charge in [-0.3, -0.25) is 0 Å². The molecule has 1 fully saturated rings. The van der Waals surface area contributed by atoms with Gasteiger partial charge in [-0.25, -0.2) is 4.68 Å². The third-order valence-electron chi connectivity index (χ3n) is 3.32. The highest BCUT2D eigenvalue weighted by atomic mass is 79.9. The number of nitrogens with zero attached hydrogens (tertiary/aromatic N) is 2. The van der Waals surface area contributed by atoms with Crippen molar-refractivity contribution in [3.8, 4) is 0 Å². The molecule has 1 atom stereocenters. The minimum atomic E-state index is -0.0489. The predicted molar refractivity (Wildman–Crippen MR) is 72.2 cm³/mol. The first kappa shape index (κ1) is 12.1. The summed E-state index contributed by atoms with van der Waals surface area (Å²) < 4.78 is 8.67. The Morgan fingerprint density at radius 1 is 1.44 bits per heavy atom. The molecule has 1 unspecified atom stereocenters. The average molecular weight is 311 g/mol. The fraction of sp³-hybridized carbons (Fsp3) is 0.462. The van der Waals surface area contributed by atoms with Crippen LogP contribution in [-0.2, 0) is 11.3 Å². The Labute approximate surface area is 114 Å². The van der Waals surface area contributed by atoms with E-state index < -0.39 is 0 Å². The number of aromatic nitrogens is 2. The highest BCUT2D eigenvalue weighted by Gasteiger charge is 2.20. The maximum atomic E-state index is 9.41. The van der Waals surface area contributed by atoms with Crippen molar-refractivity contribution >= 4 is 26.8 Å². The van der Waals surface area contributed by atoms with Crippen LogP contribution >= 0.6 is 15.9 Å². The first-order valence-electron chi connectivity index (χ1n) is 6.18. The Morgan fingerprint density at radius 3 is 3.06 bits per heavy atom. The van der Waals surface area contributed by atoms with Crippen LogP contribution in [0.5, 0.6) is 0 Å². The summed E-state index contributed by atoms with van der Waals surface area (Å²) >= 11 is 3.45. The molecule has 0 bridgehead atoms.